The zero-order chi connectivity index (χ0) is 12.4. The van der Waals surface area contributed by atoms with Crippen LogP contribution in [0.5, 0.6) is 0 Å². The highest BCUT2D eigenvalue weighted by Crippen LogP contribution is 2.14. The zero-order valence-corrected chi connectivity index (χ0v) is 9.86. The minimum atomic E-state index is -0.351. The van der Waals surface area contributed by atoms with Crippen LogP contribution in [0.15, 0.2) is 30.0 Å². The van der Waals surface area contributed by atoms with E-state index in [1.165, 1.54) is 4.90 Å². The topological polar surface area (TPSA) is 49.4 Å². The number of carbonyl (C=O) groups excluding carboxylic acids is 2. The van der Waals surface area contributed by atoms with Crippen molar-refractivity contribution in [2.24, 2.45) is 0 Å². The number of aryl methyl sites for hydroxylation is 1. The molecule has 0 unspecified atom stereocenters. The lowest BCUT2D eigenvalue weighted by Crippen LogP contribution is -2.30. The van der Waals surface area contributed by atoms with Crippen molar-refractivity contribution in [3.05, 3.63) is 41.1 Å². The third kappa shape index (κ3) is 2.20. The molecule has 1 aliphatic rings. The second kappa shape index (κ2) is 4.41. The van der Waals surface area contributed by atoms with Crippen molar-refractivity contribution in [1.29, 1.82) is 0 Å². The Kier molecular flexibility index (Phi) is 2.95. The highest BCUT2D eigenvalue weighted by Gasteiger charge is 2.31. The Labute approximate surface area is 99.9 Å². The fourth-order valence-electron chi connectivity index (χ4n) is 1.69. The first-order valence-corrected chi connectivity index (χ1v) is 5.53. The van der Waals surface area contributed by atoms with Crippen LogP contribution in [0, 0.1) is 6.92 Å². The first-order valence-electron chi connectivity index (χ1n) is 5.53. The van der Waals surface area contributed by atoms with Gasteiger partial charge in [0.15, 0.2) is 0 Å². The molecule has 1 N–H and O–H groups in total. The fourth-order valence-corrected chi connectivity index (χ4v) is 1.69. The van der Waals surface area contributed by atoms with Gasteiger partial charge in [0.05, 0.1) is 0 Å². The molecule has 1 aromatic rings. The number of rotatable bonds is 2. The van der Waals surface area contributed by atoms with E-state index in [1.807, 2.05) is 31.2 Å². The van der Waals surface area contributed by atoms with Gasteiger partial charge in [0.25, 0.3) is 5.91 Å². The number of benzene rings is 1. The Balaban J connectivity index is 2.27. The molecule has 3 amide bonds. The van der Waals surface area contributed by atoms with Crippen molar-refractivity contribution in [3.8, 4) is 0 Å². The van der Waals surface area contributed by atoms with Crippen LogP contribution in [0.1, 0.15) is 18.1 Å². The molecule has 0 bridgehead atoms. The minimum absolute atomic E-state index is 0.266. The van der Waals surface area contributed by atoms with Crippen LogP contribution in [0.2, 0.25) is 0 Å². The summed E-state index contributed by atoms with van der Waals surface area (Å²) in [5.74, 6) is -0.266. The Morgan fingerprint density at radius 2 is 1.88 bits per heavy atom. The van der Waals surface area contributed by atoms with Crippen molar-refractivity contribution in [3.63, 3.8) is 0 Å². The van der Waals surface area contributed by atoms with Gasteiger partial charge in [-0.1, -0.05) is 29.8 Å². The molecule has 0 atom stereocenters. The standard InChI is InChI=1S/C13H14N2O2/c1-3-15-12(16)11(14-13(15)17)8-10-6-4-9(2)5-7-10/h4-8H,3H2,1-2H3,(H,14,17)/b11-8+. The summed E-state index contributed by atoms with van der Waals surface area (Å²) in [5, 5.41) is 2.57. The molecule has 1 heterocycles. The van der Waals surface area contributed by atoms with Gasteiger partial charge >= 0.3 is 6.03 Å². The predicted octanol–water partition coefficient (Wildman–Crippen LogP) is 1.91. The number of hydrogen-bond donors (Lipinski definition) is 1. The molecule has 4 heteroatoms. The maximum atomic E-state index is 11.8. The molecule has 1 saturated heterocycles. The summed E-state index contributed by atoms with van der Waals surface area (Å²) < 4.78 is 0. The lowest BCUT2D eigenvalue weighted by molar-refractivity contribution is -0.122. The van der Waals surface area contributed by atoms with Crippen LogP contribution in [-0.2, 0) is 4.79 Å². The first kappa shape index (κ1) is 11.4. The third-order valence-electron chi connectivity index (χ3n) is 2.67. The Bertz CT molecular complexity index is 489. The fraction of sp³-hybridized carbons (Fsp3) is 0.231. The largest absolute Gasteiger partial charge is 0.328 e. The normalized spacial score (nSPS) is 17.8. The van der Waals surface area contributed by atoms with Crippen molar-refractivity contribution in [2.75, 3.05) is 6.54 Å². The Morgan fingerprint density at radius 3 is 2.41 bits per heavy atom. The highest BCUT2D eigenvalue weighted by molar-refractivity contribution is 6.13. The van der Waals surface area contributed by atoms with E-state index in [2.05, 4.69) is 5.32 Å². The molecule has 1 aromatic carbocycles. The maximum absolute atomic E-state index is 11.8. The molecule has 4 nitrogen and oxygen atoms in total. The van der Waals surface area contributed by atoms with Crippen molar-refractivity contribution in [1.82, 2.24) is 10.2 Å². The summed E-state index contributed by atoms with van der Waals surface area (Å²) >= 11 is 0. The zero-order valence-electron chi connectivity index (χ0n) is 9.86. The number of urea groups is 1. The lowest BCUT2D eigenvalue weighted by atomic mass is 10.1. The van der Waals surface area contributed by atoms with Crippen LogP contribution in [0.3, 0.4) is 0 Å². The van der Waals surface area contributed by atoms with E-state index in [-0.39, 0.29) is 11.9 Å². The van der Waals surface area contributed by atoms with Crippen LogP contribution >= 0.6 is 0 Å². The van der Waals surface area contributed by atoms with E-state index in [0.29, 0.717) is 12.2 Å². The van der Waals surface area contributed by atoms with Crippen LogP contribution < -0.4 is 5.32 Å². The van der Waals surface area contributed by atoms with Gasteiger partial charge < -0.3 is 5.32 Å². The minimum Gasteiger partial charge on any atom is -0.303 e. The van der Waals surface area contributed by atoms with E-state index < -0.39 is 0 Å². The van der Waals surface area contributed by atoms with E-state index in [0.717, 1.165) is 11.1 Å². The Hall–Kier alpha value is -2.10. The number of carbonyl (C=O) groups is 2. The number of amides is 3. The van der Waals surface area contributed by atoms with Gasteiger partial charge in [-0.3, -0.25) is 9.69 Å². The Morgan fingerprint density at radius 1 is 1.24 bits per heavy atom. The number of hydrogen-bond acceptors (Lipinski definition) is 2. The first-order chi connectivity index (χ1) is 8.11. The van der Waals surface area contributed by atoms with Gasteiger partial charge in [-0.25, -0.2) is 4.79 Å². The van der Waals surface area contributed by atoms with Crippen LogP contribution in [0.4, 0.5) is 4.79 Å². The summed E-state index contributed by atoms with van der Waals surface area (Å²) in [6.45, 7) is 4.15. The summed E-state index contributed by atoms with van der Waals surface area (Å²) in [5.41, 5.74) is 2.39. The highest BCUT2D eigenvalue weighted by atomic mass is 16.2. The summed E-state index contributed by atoms with van der Waals surface area (Å²) in [4.78, 5) is 24.4. The van der Waals surface area contributed by atoms with Crippen molar-refractivity contribution in [2.45, 2.75) is 13.8 Å². The SMILES string of the molecule is CCN1C(=O)N/C(=C/c2ccc(C)cc2)C1=O. The lowest BCUT2D eigenvalue weighted by Gasteiger charge is -2.06. The van der Waals surface area contributed by atoms with Gasteiger partial charge in [-0.2, -0.15) is 0 Å². The average Bonchev–Trinajstić information content (AvgIpc) is 2.57. The molecule has 0 aliphatic carbocycles. The van der Waals surface area contributed by atoms with E-state index >= 15 is 0 Å². The molecule has 2 rings (SSSR count). The summed E-state index contributed by atoms with van der Waals surface area (Å²) in [7, 11) is 0. The van der Waals surface area contributed by atoms with E-state index in [9.17, 15) is 9.59 Å². The molecule has 88 valence electrons. The smallest absolute Gasteiger partial charge is 0.303 e. The molecular weight excluding hydrogens is 216 g/mol. The molecule has 1 fully saturated rings. The molecule has 0 aromatic heterocycles. The maximum Gasteiger partial charge on any atom is 0.328 e. The average molecular weight is 230 g/mol. The van der Waals surface area contributed by atoms with Crippen LogP contribution in [-0.4, -0.2) is 23.4 Å². The molecule has 0 radical (unpaired) electrons. The van der Waals surface area contributed by atoms with Gasteiger partial charge in [0.2, 0.25) is 0 Å². The van der Waals surface area contributed by atoms with Crippen molar-refractivity contribution >= 4 is 18.0 Å². The van der Waals surface area contributed by atoms with E-state index in [1.54, 1.807) is 13.0 Å². The van der Waals surface area contributed by atoms with Gasteiger partial charge in [-0.15, -0.1) is 0 Å². The number of likely N-dealkylation sites (N-methyl/N-ethyl adjacent to an activating group) is 1. The van der Waals surface area contributed by atoms with E-state index in [4.69, 9.17) is 0 Å². The molecule has 1 aliphatic heterocycles. The van der Waals surface area contributed by atoms with Crippen LogP contribution in [0.25, 0.3) is 6.08 Å². The summed E-state index contributed by atoms with van der Waals surface area (Å²) in [6.07, 6.45) is 1.69. The number of nitrogens with one attached hydrogen (secondary N) is 1. The molecular formula is C13H14N2O2. The molecule has 0 spiro atoms. The quantitative estimate of drug-likeness (QED) is 0.623. The van der Waals surface area contributed by atoms with Crippen molar-refractivity contribution < 1.29 is 9.59 Å². The monoisotopic (exact) mass is 230 g/mol. The second-order valence-corrected chi connectivity index (χ2v) is 3.95. The molecule has 17 heavy (non-hydrogen) atoms. The van der Waals surface area contributed by atoms with Gasteiger partial charge in [0.1, 0.15) is 5.70 Å². The van der Waals surface area contributed by atoms with Gasteiger partial charge in [0, 0.05) is 6.54 Å². The number of nitrogens with zero attached hydrogens (tertiary/aromatic N) is 1. The third-order valence-corrected chi connectivity index (χ3v) is 2.67. The summed E-state index contributed by atoms with van der Waals surface area (Å²) in [6, 6.07) is 7.40. The second-order valence-electron chi connectivity index (χ2n) is 3.95. The number of imide groups is 1. The van der Waals surface area contributed by atoms with Gasteiger partial charge in [-0.05, 0) is 25.5 Å². The molecule has 0 saturated carbocycles. The predicted molar refractivity (Wildman–Crippen MR) is 65.1 cm³/mol.